The molecule has 0 spiro atoms. The van der Waals surface area contributed by atoms with E-state index in [9.17, 15) is 8.42 Å². The zero-order valence-electron chi connectivity index (χ0n) is 23.7. The van der Waals surface area contributed by atoms with Crippen molar-refractivity contribution >= 4 is 21.2 Å². The molecule has 0 N–H and O–H groups in total. The molecule has 5 heteroatoms. The molecule has 0 bridgehead atoms. The lowest BCUT2D eigenvalue weighted by Crippen LogP contribution is -2.32. The molecule has 2 aliphatic heterocycles. The van der Waals surface area contributed by atoms with Crippen molar-refractivity contribution in [3.63, 3.8) is 0 Å². The Morgan fingerprint density at radius 2 is 0.829 bits per heavy atom. The first-order valence-electron chi connectivity index (χ1n) is 15.0. The van der Waals surface area contributed by atoms with E-state index < -0.39 is 9.84 Å². The number of anilines is 2. The normalized spacial score (nSPS) is 17.1. The first-order chi connectivity index (χ1) is 20.0. The van der Waals surface area contributed by atoms with Crippen LogP contribution < -0.4 is 9.80 Å². The van der Waals surface area contributed by atoms with E-state index in [0.717, 1.165) is 63.0 Å². The minimum Gasteiger partial charge on any atom is -0.371 e. The fraction of sp³-hybridized carbons (Fsp3) is 0.333. The van der Waals surface area contributed by atoms with E-state index in [0.29, 0.717) is 11.8 Å². The van der Waals surface area contributed by atoms with Crippen LogP contribution in [0, 0.1) is 0 Å². The van der Waals surface area contributed by atoms with Crippen LogP contribution in [0.25, 0.3) is 0 Å². The van der Waals surface area contributed by atoms with Gasteiger partial charge in [-0.2, -0.15) is 0 Å². The van der Waals surface area contributed by atoms with Crippen molar-refractivity contribution in [3.8, 4) is 0 Å². The van der Waals surface area contributed by atoms with Crippen molar-refractivity contribution < 1.29 is 8.42 Å². The molecule has 0 amide bonds. The van der Waals surface area contributed by atoms with Gasteiger partial charge in [-0.15, -0.1) is 0 Å². The summed E-state index contributed by atoms with van der Waals surface area (Å²) in [5, 5.41) is 0. The Balaban J connectivity index is 0.993. The van der Waals surface area contributed by atoms with Crippen molar-refractivity contribution in [3.05, 3.63) is 131 Å². The highest BCUT2D eigenvalue weighted by Crippen LogP contribution is 2.32. The van der Waals surface area contributed by atoms with Gasteiger partial charge in [-0.25, -0.2) is 8.42 Å². The molecule has 0 aromatic heterocycles. The molecule has 4 aromatic carbocycles. The van der Waals surface area contributed by atoms with Gasteiger partial charge in [-0.3, -0.25) is 0 Å². The van der Waals surface area contributed by atoms with Crippen LogP contribution in [0.2, 0.25) is 0 Å². The number of piperidine rings is 2. The van der Waals surface area contributed by atoms with Crippen LogP contribution in [-0.4, -0.2) is 34.6 Å². The molecule has 2 saturated heterocycles. The molecule has 41 heavy (non-hydrogen) atoms. The average Bonchev–Trinajstić information content (AvgIpc) is 3.02. The summed E-state index contributed by atoms with van der Waals surface area (Å²) >= 11 is 0. The fourth-order valence-electron chi connectivity index (χ4n) is 6.56. The van der Waals surface area contributed by atoms with Crippen LogP contribution in [-0.2, 0) is 21.3 Å². The molecule has 2 heterocycles. The number of rotatable bonds is 8. The standard InChI is InChI=1S/C36H40N2O2S/c39-41(40,27-29-11-15-35(16-12-29)37-23-19-33(20-24-37)31-7-3-1-4-8-31)28-30-13-17-36(18-14-30)38-25-21-34(22-26-38)32-9-5-2-6-10-32/h1-18,33-34H,19-28H2. The molecular weight excluding hydrogens is 524 g/mol. The van der Waals surface area contributed by atoms with E-state index in [2.05, 4.69) is 94.7 Å². The third-order valence-corrected chi connectivity index (χ3v) is 10.5. The van der Waals surface area contributed by atoms with Crippen molar-refractivity contribution in [1.82, 2.24) is 0 Å². The van der Waals surface area contributed by atoms with Gasteiger partial charge < -0.3 is 9.80 Å². The number of hydrogen-bond donors (Lipinski definition) is 0. The maximum atomic E-state index is 13.1. The fourth-order valence-corrected chi connectivity index (χ4v) is 8.06. The van der Waals surface area contributed by atoms with Gasteiger partial charge in [-0.05, 0) is 84.0 Å². The monoisotopic (exact) mass is 564 g/mol. The average molecular weight is 565 g/mol. The Labute approximate surface area is 245 Å². The second kappa shape index (κ2) is 12.5. The van der Waals surface area contributed by atoms with Gasteiger partial charge >= 0.3 is 0 Å². The summed E-state index contributed by atoms with van der Waals surface area (Å²) in [5.74, 6) is 1.38. The number of hydrogen-bond acceptors (Lipinski definition) is 4. The second-order valence-corrected chi connectivity index (χ2v) is 13.8. The number of sulfone groups is 1. The highest BCUT2D eigenvalue weighted by molar-refractivity contribution is 7.89. The highest BCUT2D eigenvalue weighted by atomic mass is 32.2. The van der Waals surface area contributed by atoms with E-state index in [1.807, 2.05) is 24.3 Å². The van der Waals surface area contributed by atoms with Gasteiger partial charge in [0.25, 0.3) is 0 Å². The van der Waals surface area contributed by atoms with E-state index in [1.54, 1.807) is 0 Å². The van der Waals surface area contributed by atoms with Crippen LogP contribution in [0.15, 0.2) is 109 Å². The summed E-state index contributed by atoms with van der Waals surface area (Å²) in [5.41, 5.74) is 6.94. The van der Waals surface area contributed by atoms with Gasteiger partial charge in [0.15, 0.2) is 9.84 Å². The molecule has 212 valence electrons. The van der Waals surface area contributed by atoms with Crippen LogP contribution in [0.5, 0.6) is 0 Å². The summed E-state index contributed by atoms with van der Waals surface area (Å²) in [6.07, 6.45) is 4.58. The zero-order chi connectivity index (χ0) is 28.1. The van der Waals surface area contributed by atoms with Crippen molar-refractivity contribution in [1.29, 1.82) is 0 Å². The lowest BCUT2D eigenvalue weighted by Gasteiger charge is -2.34. The van der Waals surface area contributed by atoms with Crippen molar-refractivity contribution in [2.24, 2.45) is 0 Å². The summed E-state index contributed by atoms with van der Waals surface area (Å²) in [6, 6.07) is 37.9. The summed E-state index contributed by atoms with van der Waals surface area (Å²) in [7, 11) is -3.27. The summed E-state index contributed by atoms with van der Waals surface area (Å²) in [6.45, 7) is 4.10. The maximum Gasteiger partial charge on any atom is 0.158 e. The predicted octanol–water partition coefficient (Wildman–Crippen LogP) is 7.57. The Morgan fingerprint density at radius 1 is 0.488 bits per heavy atom. The predicted molar refractivity (Wildman–Crippen MR) is 170 cm³/mol. The van der Waals surface area contributed by atoms with Gasteiger partial charge in [0.05, 0.1) is 11.5 Å². The molecule has 4 aromatic rings. The third-order valence-electron chi connectivity index (χ3n) is 8.91. The topological polar surface area (TPSA) is 40.6 Å². The van der Waals surface area contributed by atoms with Crippen LogP contribution in [0.1, 0.15) is 59.8 Å². The molecule has 2 fully saturated rings. The Kier molecular flexibility index (Phi) is 8.43. The van der Waals surface area contributed by atoms with Gasteiger partial charge in [0.2, 0.25) is 0 Å². The minimum atomic E-state index is -3.27. The third kappa shape index (κ3) is 7.02. The van der Waals surface area contributed by atoms with Crippen LogP contribution in [0.3, 0.4) is 0 Å². The Hall–Kier alpha value is -3.57. The molecule has 0 saturated carbocycles. The lowest BCUT2D eigenvalue weighted by molar-refractivity contribution is 0.505. The smallest absolute Gasteiger partial charge is 0.158 e. The number of nitrogens with zero attached hydrogens (tertiary/aromatic N) is 2. The molecule has 2 aliphatic rings. The zero-order valence-corrected chi connectivity index (χ0v) is 24.6. The molecule has 4 nitrogen and oxygen atoms in total. The lowest BCUT2D eigenvalue weighted by atomic mass is 9.89. The second-order valence-electron chi connectivity index (χ2n) is 11.7. The SMILES string of the molecule is O=S(=O)(Cc1ccc(N2CCC(c3ccccc3)CC2)cc1)Cc1ccc(N2CCC(c3ccccc3)CC2)cc1. The molecule has 0 atom stereocenters. The van der Waals surface area contributed by atoms with E-state index in [4.69, 9.17) is 0 Å². The van der Waals surface area contributed by atoms with Crippen molar-refractivity contribution in [2.75, 3.05) is 36.0 Å². The summed E-state index contributed by atoms with van der Waals surface area (Å²) < 4.78 is 26.1. The van der Waals surface area contributed by atoms with Gasteiger partial charge in [-0.1, -0.05) is 84.9 Å². The Morgan fingerprint density at radius 3 is 1.17 bits per heavy atom. The van der Waals surface area contributed by atoms with Gasteiger partial charge in [0, 0.05) is 37.6 Å². The summed E-state index contributed by atoms with van der Waals surface area (Å²) in [4.78, 5) is 4.84. The minimum absolute atomic E-state index is 0.0676. The quantitative estimate of drug-likeness (QED) is 0.221. The largest absolute Gasteiger partial charge is 0.371 e. The number of benzene rings is 4. The first-order valence-corrected chi connectivity index (χ1v) is 16.8. The first kappa shape index (κ1) is 27.6. The van der Waals surface area contributed by atoms with Gasteiger partial charge in [0.1, 0.15) is 0 Å². The van der Waals surface area contributed by atoms with Crippen LogP contribution >= 0.6 is 0 Å². The van der Waals surface area contributed by atoms with Crippen molar-refractivity contribution in [2.45, 2.75) is 49.0 Å². The maximum absolute atomic E-state index is 13.1. The molecular formula is C36H40N2O2S. The Bertz CT molecular complexity index is 1380. The molecule has 0 radical (unpaired) electrons. The van der Waals surface area contributed by atoms with E-state index in [1.165, 1.54) is 22.5 Å². The molecule has 0 aliphatic carbocycles. The van der Waals surface area contributed by atoms with Crippen LogP contribution in [0.4, 0.5) is 11.4 Å². The molecule has 0 unspecified atom stereocenters. The van der Waals surface area contributed by atoms with E-state index in [-0.39, 0.29) is 11.5 Å². The molecule has 6 rings (SSSR count). The van der Waals surface area contributed by atoms with E-state index >= 15 is 0 Å². The highest BCUT2D eigenvalue weighted by Gasteiger charge is 2.22.